The molecule has 1 saturated carbocycles. The van der Waals surface area contributed by atoms with Crippen molar-refractivity contribution in [1.82, 2.24) is 10.2 Å². The maximum atomic E-state index is 13.4. The van der Waals surface area contributed by atoms with Crippen LogP contribution in [-0.2, 0) is 14.4 Å². The molecule has 2 N–H and O–H groups in total. The fraction of sp³-hybridized carbons (Fsp3) is 0.526. The Hall–Kier alpha value is -2.41. The number of rotatable bonds is 2. The summed E-state index contributed by atoms with van der Waals surface area (Å²) in [7, 11) is 0. The van der Waals surface area contributed by atoms with Gasteiger partial charge in [-0.1, -0.05) is 25.0 Å². The minimum absolute atomic E-state index is 0.0589. The van der Waals surface area contributed by atoms with Gasteiger partial charge in [0.1, 0.15) is 5.54 Å². The zero-order chi connectivity index (χ0) is 18.3. The summed E-state index contributed by atoms with van der Waals surface area (Å²) in [6, 6.07) is 7.11. The Morgan fingerprint density at radius 1 is 1.23 bits per heavy atom. The van der Waals surface area contributed by atoms with Crippen molar-refractivity contribution in [3.63, 3.8) is 0 Å². The van der Waals surface area contributed by atoms with Crippen LogP contribution in [0, 0.1) is 0 Å². The van der Waals surface area contributed by atoms with E-state index in [0.717, 1.165) is 18.5 Å². The molecule has 2 fully saturated rings. The van der Waals surface area contributed by atoms with Crippen LogP contribution in [0.15, 0.2) is 24.3 Å². The lowest BCUT2D eigenvalue weighted by molar-refractivity contribution is -0.132. The standard InChI is InChI=1S/C19H24N4O3/c1-13-17(25)20-10-11-22(13)12-16(24)23-15-7-3-2-6-14(15)21-18(26)19(23)8-4-5-9-19/h2-3,6-7,13H,4-5,8-12H2,1H3,(H,20,25)(H,21,26). The van der Waals surface area contributed by atoms with Crippen LogP contribution in [0.3, 0.4) is 0 Å². The van der Waals surface area contributed by atoms with E-state index >= 15 is 0 Å². The minimum Gasteiger partial charge on any atom is -0.353 e. The summed E-state index contributed by atoms with van der Waals surface area (Å²) in [5.41, 5.74) is 0.633. The van der Waals surface area contributed by atoms with Crippen molar-refractivity contribution >= 4 is 29.1 Å². The molecule has 3 aliphatic rings. The highest BCUT2D eigenvalue weighted by Gasteiger charge is 2.52. The van der Waals surface area contributed by atoms with E-state index in [1.54, 1.807) is 4.90 Å². The average Bonchev–Trinajstić information content (AvgIpc) is 3.10. The van der Waals surface area contributed by atoms with Crippen LogP contribution >= 0.6 is 0 Å². The zero-order valence-electron chi connectivity index (χ0n) is 15.0. The van der Waals surface area contributed by atoms with Crippen molar-refractivity contribution in [2.75, 3.05) is 29.9 Å². The summed E-state index contributed by atoms with van der Waals surface area (Å²) in [6.45, 7) is 3.12. The smallest absolute Gasteiger partial charge is 0.250 e. The highest BCUT2D eigenvalue weighted by molar-refractivity contribution is 6.15. The van der Waals surface area contributed by atoms with Crippen molar-refractivity contribution in [3.05, 3.63) is 24.3 Å². The molecule has 7 heteroatoms. The molecule has 1 unspecified atom stereocenters. The third kappa shape index (κ3) is 2.58. The van der Waals surface area contributed by atoms with Crippen LogP contribution in [-0.4, -0.2) is 53.8 Å². The summed E-state index contributed by atoms with van der Waals surface area (Å²) in [4.78, 5) is 41.8. The fourth-order valence-corrected chi connectivity index (χ4v) is 4.42. The molecule has 1 saturated heterocycles. The van der Waals surface area contributed by atoms with Gasteiger partial charge in [-0.15, -0.1) is 0 Å². The molecular formula is C19H24N4O3. The number of carbonyl (C=O) groups is 3. The van der Waals surface area contributed by atoms with E-state index in [1.807, 2.05) is 36.1 Å². The average molecular weight is 356 g/mol. The quantitative estimate of drug-likeness (QED) is 0.832. The molecule has 1 aromatic rings. The van der Waals surface area contributed by atoms with E-state index in [2.05, 4.69) is 10.6 Å². The number of hydrogen-bond acceptors (Lipinski definition) is 4. The Kier molecular flexibility index (Phi) is 4.19. The number of piperazine rings is 1. The van der Waals surface area contributed by atoms with E-state index in [-0.39, 0.29) is 30.3 Å². The Labute approximate surface area is 152 Å². The number of para-hydroxylation sites is 2. The van der Waals surface area contributed by atoms with Gasteiger partial charge < -0.3 is 10.6 Å². The van der Waals surface area contributed by atoms with Crippen LogP contribution < -0.4 is 15.5 Å². The van der Waals surface area contributed by atoms with Gasteiger partial charge in [0.2, 0.25) is 11.8 Å². The summed E-state index contributed by atoms with van der Waals surface area (Å²) >= 11 is 0. The molecule has 0 radical (unpaired) electrons. The van der Waals surface area contributed by atoms with Gasteiger partial charge in [0.15, 0.2) is 0 Å². The second-order valence-electron chi connectivity index (χ2n) is 7.38. The Morgan fingerprint density at radius 2 is 1.96 bits per heavy atom. The molecule has 1 atom stereocenters. The molecular weight excluding hydrogens is 332 g/mol. The van der Waals surface area contributed by atoms with Gasteiger partial charge in [-0.2, -0.15) is 0 Å². The lowest BCUT2D eigenvalue weighted by Gasteiger charge is -2.45. The topological polar surface area (TPSA) is 81.8 Å². The molecule has 2 heterocycles. The van der Waals surface area contributed by atoms with Crippen LogP contribution in [0.5, 0.6) is 0 Å². The monoisotopic (exact) mass is 356 g/mol. The first kappa shape index (κ1) is 17.0. The SMILES string of the molecule is CC1C(=O)NCCN1CC(=O)N1c2ccccc2NC(=O)C12CCCC2. The molecule has 138 valence electrons. The molecule has 0 aromatic heterocycles. The lowest BCUT2D eigenvalue weighted by Crippen LogP contribution is -2.63. The first-order chi connectivity index (χ1) is 12.5. The van der Waals surface area contributed by atoms with E-state index in [1.165, 1.54) is 0 Å². The first-order valence-electron chi connectivity index (χ1n) is 9.28. The molecule has 1 aromatic carbocycles. The van der Waals surface area contributed by atoms with Crippen LogP contribution in [0.2, 0.25) is 0 Å². The predicted octanol–water partition coefficient (Wildman–Crippen LogP) is 1.10. The minimum atomic E-state index is -0.799. The molecule has 4 rings (SSSR count). The van der Waals surface area contributed by atoms with Gasteiger partial charge in [-0.3, -0.25) is 24.2 Å². The zero-order valence-corrected chi connectivity index (χ0v) is 15.0. The fourth-order valence-electron chi connectivity index (χ4n) is 4.42. The number of benzene rings is 1. The Bertz CT molecular complexity index is 757. The number of hydrogen-bond donors (Lipinski definition) is 2. The molecule has 1 spiro atoms. The van der Waals surface area contributed by atoms with Crippen molar-refractivity contribution in [2.24, 2.45) is 0 Å². The maximum absolute atomic E-state index is 13.4. The summed E-state index contributed by atoms with van der Waals surface area (Å²) < 4.78 is 0. The van der Waals surface area contributed by atoms with Crippen LogP contribution in [0.1, 0.15) is 32.6 Å². The normalized spacial score (nSPS) is 25.0. The lowest BCUT2D eigenvalue weighted by atomic mass is 9.89. The maximum Gasteiger partial charge on any atom is 0.250 e. The van der Waals surface area contributed by atoms with Gasteiger partial charge in [-0.05, 0) is 31.9 Å². The number of carbonyl (C=O) groups excluding carboxylic acids is 3. The van der Waals surface area contributed by atoms with Crippen LogP contribution in [0.4, 0.5) is 11.4 Å². The number of nitrogens with zero attached hydrogens (tertiary/aromatic N) is 2. The molecule has 26 heavy (non-hydrogen) atoms. The number of anilines is 2. The van der Waals surface area contributed by atoms with Gasteiger partial charge in [-0.25, -0.2) is 0 Å². The van der Waals surface area contributed by atoms with Crippen molar-refractivity contribution in [3.8, 4) is 0 Å². The highest BCUT2D eigenvalue weighted by Crippen LogP contribution is 2.45. The molecule has 0 bridgehead atoms. The molecule has 7 nitrogen and oxygen atoms in total. The highest BCUT2D eigenvalue weighted by atomic mass is 16.2. The van der Waals surface area contributed by atoms with Gasteiger partial charge in [0.25, 0.3) is 5.91 Å². The number of fused-ring (bicyclic) bond motifs is 1. The van der Waals surface area contributed by atoms with Crippen molar-refractivity contribution in [1.29, 1.82) is 0 Å². The summed E-state index contributed by atoms with van der Waals surface area (Å²) in [5, 5.41) is 5.80. The second kappa shape index (κ2) is 6.39. The summed E-state index contributed by atoms with van der Waals surface area (Å²) in [5.74, 6) is -0.265. The first-order valence-corrected chi connectivity index (χ1v) is 9.28. The molecule has 2 aliphatic heterocycles. The molecule has 1 aliphatic carbocycles. The van der Waals surface area contributed by atoms with E-state index in [4.69, 9.17) is 0 Å². The summed E-state index contributed by atoms with van der Waals surface area (Å²) in [6.07, 6.45) is 3.22. The molecule has 3 amide bonds. The Balaban J connectivity index is 1.68. The van der Waals surface area contributed by atoms with Crippen LogP contribution in [0.25, 0.3) is 0 Å². The van der Waals surface area contributed by atoms with E-state index in [0.29, 0.717) is 31.6 Å². The largest absolute Gasteiger partial charge is 0.353 e. The van der Waals surface area contributed by atoms with E-state index < -0.39 is 5.54 Å². The Morgan fingerprint density at radius 3 is 2.73 bits per heavy atom. The predicted molar refractivity (Wildman–Crippen MR) is 97.8 cm³/mol. The third-order valence-electron chi connectivity index (χ3n) is 5.89. The number of nitrogens with one attached hydrogen (secondary N) is 2. The van der Waals surface area contributed by atoms with Crippen molar-refractivity contribution < 1.29 is 14.4 Å². The van der Waals surface area contributed by atoms with Gasteiger partial charge >= 0.3 is 0 Å². The van der Waals surface area contributed by atoms with Crippen molar-refractivity contribution in [2.45, 2.75) is 44.2 Å². The van der Waals surface area contributed by atoms with Gasteiger partial charge in [0.05, 0.1) is 24.0 Å². The van der Waals surface area contributed by atoms with Gasteiger partial charge in [0, 0.05) is 13.1 Å². The van der Waals surface area contributed by atoms with E-state index in [9.17, 15) is 14.4 Å². The third-order valence-corrected chi connectivity index (χ3v) is 5.89. The number of amides is 3. The second-order valence-corrected chi connectivity index (χ2v) is 7.38.